The molecule has 0 aliphatic heterocycles. The molecule has 1 aliphatic rings. The van der Waals surface area contributed by atoms with E-state index in [1.165, 1.54) is 11.3 Å². The van der Waals surface area contributed by atoms with Gasteiger partial charge in [-0.3, -0.25) is 4.79 Å². The quantitative estimate of drug-likeness (QED) is 0.575. The van der Waals surface area contributed by atoms with Gasteiger partial charge in [0.15, 0.2) is 10.9 Å². The molecule has 26 heavy (non-hydrogen) atoms. The van der Waals surface area contributed by atoms with Crippen LogP contribution in [0.5, 0.6) is 0 Å². The Morgan fingerprint density at radius 1 is 1.23 bits per heavy atom. The van der Waals surface area contributed by atoms with Crippen LogP contribution in [0, 0.1) is 6.92 Å². The zero-order valence-electron chi connectivity index (χ0n) is 14.0. The standard InChI is InChI=1S/C19H15N3O3S/c1-11-4-2-6-14-16(11)20-18(26-14)21-17(23)19(7-8-19)15-10-13(25-22-15)12-5-3-9-24-12/h2-6,9-10H,7-8H2,1H3,(H,20,21,23). The highest BCUT2D eigenvalue weighted by Crippen LogP contribution is 2.49. The summed E-state index contributed by atoms with van der Waals surface area (Å²) in [6, 6.07) is 11.4. The molecule has 3 aromatic heterocycles. The van der Waals surface area contributed by atoms with Gasteiger partial charge in [-0.15, -0.1) is 0 Å². The molecule has 1 N–H and O–H groups in total. The van der Waals surface area contributed by atoms with Crippen LogP contribution in [-0.2, 0) is 10.2 Å². The van der Waals surface area contributed by atoms with Crippen molar-refractivity contribution in [1.29, 1.82) is 0 Å². The zero-order valence-corrected chi connectivity index (χ0v) is 14.8. The van der Waals surface area contributed by atoms with E-state index in [0.29, 0.717) is 22.3 Å². The molecule has 1 amide bonds. The van der Waals surface area contributed by atoms with Gasteiger partial charge in [0.05, 0.1) is 27.6 Å². The molecular weight excluding hydrogens is 350 g/mol. The van der Waals surface area contributed by atoms with Gasteiger partial charge in [-0.2, -0.15) is 0 Å². The molecule has 1 fully saturated rings. The maximum Gasteiger partial charge on any atom is 0.238 e. The van der Waals surface area contributed by atoms with Crippen molar-refractivity contribution in [2.75, 3.05) is 5.32 Å². The highest BCUT2D eigenvalue weighted by molar-refractivity contribution is 7.22. The molecular formula is C19H15N3O3S. The maximum absolute atomic E-state index is 12.9. The van der Waals surface area contributed by atoms with Gasteiger partial charge in [-0.1, -0.05) is 28.6 Å². The molecule has 4 aromatic rings. The third-order valence-corrected chi connectivity index (χ3v) is 5.73. The fourth-order valence-electron chi connectivity index (χ4n) is 3.12. The maximum atomic E-state index is 12.9. The lowest BCUT2D eigenvalue weighted by Crippen LogP contribution is -2.28. The van der Waals surface area contributed by atoms with Crippen LogP contribution in [0.4, 0.5) is 5.13 Å². The monoisotopic (exact) mass is 365 g/mol. The number of nitrogens with one attached hydrogen (secondary N) is 1. The topological polar surface area (TPSA) is 81.2 Å². The van der Waals surface area contributed by atoms with E-state index in [1.54, 1.807) is 24.5 Å². The van der Waals surface area contributed by atoms with Crippen LogP contribution in [0.25, 0.3) is 21.7 Å². The summed E-state index contributed by atoms with van der Waals surface area (Å²) >= 11 is 1.48. The number of anilines is 1. The summed E-state index contributed by atoms with van der Waals surface area (Å²) in [5.41, 5.74) is 2.03. The molecule has 0 spiro atoms. The molecule has 0 saturated heterocycles. The van der Waals surface area contributed by atoms with Crippen molar-refractivity contribution >= 4 is 32.6 Å². The lowest BCUT2D eigenvalue weighted by atomic mass is 10.0. The number of carbonyl (C=O) groups is 1. The van der Waals surface area contributed by atoms with Gasteiger partial charge < -0.3 is 14.3 Å². The number of aromatic nitrogens is 2. The first-order chi connectivity index (χ1) is 12.7. The molecule has 1 aliphatic carbocycles. The lowest BCUT2D eigenvalue weighted by Gasteiger charge is -2.10. The number of nitrogens with zero attached hydrogens (tertiary/aromatic N) is 2. The predicted molar refractivity (Wildman–Crippen MR) is 98.1 cm³/mol. The van der Waals surface area contributed by atoms with Crippen LogP contribution in [0.1, 0.15) is 24.1 Å². The Labute approximate surface area is 152 Å². The molecule has 5 rings (SSSR count). The molecule has 130 valence electrons. The van der Waals surface area contributed by atoms with Crippen LogP contribution in [0.2, 0.25) is 0 Å². The summed E-state index contributed by atoms with van der Waals surface area (Å²) in [4.78, 5) is 17.5. The summed E-state index contributed by atoms with van der Waals surface area (Å²) in [6.07, 6.45) is 3.06. The normalized spacial score (nSPS) is 15.3. The number of fused-ring (bicyclic) bond motifs is 1. The second kappa shape index (κ2) is 5.54. The predicted octanol–water partition coefficient (Wildman–Crippen LogP) is 4.52. The summed E-state index contributed by atoms with van der Waals surface area (Å²) in [5.74, 6) is 1.04. The molecule has 1 aromatic carbocycles. The Bertz CT molecular complexity index is 1110. The minimum absolute atomic E-state index is 0.0893. The number of furan rings is 1. The minimum Gasteiger partial charge on any atom is -0.461 e. The number of carbonyl (C=O) groups excluding carboxylic acids is 1. The van der Waals surface area contributed by atoms with Crippen LogP contribution in [0.3, 0.4) is 0 Å². The molecule has 0 atom stereocenters. The van der Waals surface area contributed by atoms with Gasteiger partial charge in [-0.25, -0.2) is 4.98 Å². The van der Waals surface area contributed by atoms with E-state index < -0.39 is 5.41 Å². The van der Waals surface area contributed by atoms with Crippen molar-refractivity contribution < 1.29 is 13.7 Å². The van der Waals surface area contributed by atoms with E-state index in [2.05, 4.69) is 15.5 Å². The fourth-order valence-corrected chi connectivity index (χ4v) is 4.06. The summed E-state index contributed by atoms with van der Waals surface area (Å²) in [7, 11) is 0. The van der Waals surface area contributed by atoms with Crippen molar-refractivity contribution in [3.63, 3.8) is 0 Å². The third kappa shape index (κ3) is 2.35. The second-order valence-corrected chi connectivity index (χ2v) is 7.56. The molecule has 3 heterocycles. The van der Waals surface area contributed by atoms with Crippen LogP contribution >= 0.6 is 11.3 Å². The van der Waals surface area contributed by atoms with Crippen molar-refractivity contribution in [2.24, 2.45) is 0 Å². The number of amides is 1. The first-order valence-electron chi connectivity index (χ1n) is 8.34. The SMILES string of the molecule is Cc1cccc2sc(NC(=O)C3(c4cc(-c5ccco5)on4)CC3)nc12. The third-order valence-electron chi connectivity index (χ3n) is 4.79. The van der Waals surface area contributed by atoms with Crippen LogP contribution in [0.15, 0.2) is 51.6 Å². The Morgan fingerprint density at radius 2 is 2.12 bits per heavy atom. The summed E-state index contributed by atoms with van der Waals surface area (Å²) in [6.45, 7) is 2.02. The first-order valence-corrected chi connectivity index (χ1v) is 9.16. The molecule has 0 radical (unpaired) electrons. The Hall–Kier alpha value is -2.93. The van der Waals surface area contributed by atoms with Gasteiger partial charge in [0.2, 0.25) is 11.7 Å². The first kappa shape index (κ1) is 15.3. The Balaban J connectivity index is 1.41. The number of benzene rings is 1. The molecule has 6 nitrogen and oxygen atoms in total. The van der Waals surface area contributed by atoms with Gasteiger partial charge >= 0.3 is 0 Å². The second-order valence-electron chi connectivity index (χ2n) is 6.53. The Morgan fingerprint density at radius 3 is 2.85 bits per heavy atom. The average molecular weight is 365 g/mol. The van der Waals surface area contributed by atoms with Crippen molar-refractivity contribution in [3.05, 3.63) is 53.9 Å². The number of thiazole rings is 1. The zero-order chi connectivity index (χ0) is 17.7. The van der Waals surface area contributed by atoms with Crippen molar-refractivity contribution in [3.8, 4) is 11.5 Å². The molecule has 0 unspecified atom stereocenters. The molecule has 7 heteroatoms. The average Bonchev–Trinajstić information content (AvgIpc) is 3.03. The van der Waals surface area contributed by atoms with Crippen LogP contribution in [-0.4, -0.2) is 16.0 Å². The van der Waals surface area contributed by atoms with Gasteiger partial charge in [0.25, 0.3) is 0 Å². The van der Waals surface area contributed by atoms with Crippen LogP contribution < -0.4 is 5.32 Å². The number of aryl methyl sites for hydroxylation is 1. The number of rotatable bonds is 4. The summed E-state index contributed by atoms with van der Waals surface area (Å²) < 4.78 is 11.7. The van der Waals surface area contributed by atoms with E-state index in [9.17, 15) is 4.79 Å². The smallest absolute Gasteiger partial charge is 0.238 e. The Kier molecular flexibility index (Phi) is 3.27. The minimum atomic E-state index is -0.638. The van der Waals surface area contributed by atoms with E-state index in [1.807, 2.05) is 25.1 Å². The van der Waals surface area contributed by atoms with E-state index in [0.717, 1.165) is 28.6 Å². The van der Waals surface area contributed by atoms with Crippen molar-refractivity contribution in [2.45, 2.75) is 25.2 Å². The highest BCUT2D eigenvalue weighted by Gasteiger charge is 2.54. The van der Waals surface area contributed by atoms with E-state index in [4.69, 9.17) is 8.94 Å². The number of hydrogen-bond donors (Lipinski definition) is 1. The van der Waals surface area contributed by atoms with Gasteiger partial charge in [-0.05, 0) is 43.5 Å². The highest BCUT2D eigenvalue weighted by atomic mass is 32.1. The van der Waals surface area contributed by atoms with E-state index >= 15 is 0 Å². The fraction of sp³-hybridized carbons (Fsp3) is 0.211. The molecule has 1 saturated carbocycles. The summed E-state index contributed by atoms with van der Waals surface area (Å²) in [5, 5.41) is 7.69. The van der Waals surface area contributed by atoms with Gasteiger partial charge in [0.1, 0.15) is 0 Å². The van der Waals surface area contributed by atoms with Gasteiger partial charge in [0, 0.05) is 6.07 Å². The number of para-hydroxylation sites is 1. The number of hydrogen-bond acceptors (Lipinski definition) is 6. The largest absolute Gasteiger partial charge is 0.461 e. The lowest BCUT2D eigenvalue weighted by molar-refractivity contribution is -0.118. The van der Waals surface area contributed by atoms with Crippen molar-refractivity contribution in [1.82, 2.24) is 10.1 Å². The molecule has 0 bridgehead atoms. The van der Waals surface area contributed by atoms with E-state index in [-0.39, 0.29) is 5.91 Å².